The van der Waals surface area contributed by atoms with E-state index in [9.17, 15) is 4.79 Å². The lowest BCUT2D eigenvalue weighted by Crippen LogP contribution is -2.42. The van der Waals surface area contributed by atoms with E-state index in [0.717, 1.165) is 25.7 Å². The van der Waals surface area contributed by atoms with Crippen LogP contribution < -0.4 is 5.73 Å². The second kappa shape index (κ2) is 7.08. The molecule has 1 unspecified atom stereocenters. The van der Waals surface area contributed by atoms with Gasteiger partial charge in [0.2, 0.25) is 5.82 Å². The minimum atomic E-state index is -0.378. The quantitative estimate of drug-likeness (QED) is 0.771. The average Bonchev–Trinajstić information content (AvgIpc) is 3.31. The first-order chi connectivity index (χ1) is 12.6. The molecule has 11 heteroatoms. The van der Waals surface area contributed by atoms with Gasteiger partial charge in [0.05, 0.1) is 32.4 Å². The van der Waals surface area contributed by atoms with Crippen molar-refractivity contribution in [1.29, 1.82) is 0 Å². The molecule has 0 spiro atoms. The van der Waals surface area contributed by atoms with E-state index >= 15 is 0 Å². The molecule has 140 valence electrons. The smallest absolute Gasteiger partial charge is 0.276 e. The van der Waals surface area contributed by atoms with Crippen molar-refractivity contribution in [1.82, 2.24) is 40.1 Å². The van der Waals surface area contributed by atoms with Gasteiger partial charge in [-0.2, -0.15) is 4.80 Å². The summed E-state index contributed by atoms with van der Waals surface area (Å²) in [6.07, 6.45) is 5.26. The molecule has 0 bridgehead atoms. The summed E-state index contributed by atoms with van der Waals surface area (Å²) in [5.74, 6) is 0.327. The van der Waals surface area contributed by atoms with Crippen LogP contribution in [0.15, 0.2) is 6.20 Å². The van der Waals surface area contributed by atoms with Gasteiger partial charge in [-0.1, -0.05) is 5.21 Å². The topological polar surface area (TPSA) is 130 Å². The van der Waals surface area contributed by atoms with E-state index in [1.807, 2.05) is 0 Å². The lowest BCUT2D eigenvalue weighted by Gasteiger charge is -2.30. The Balaban J connectivity index is 1.42. The third-order valence-electron chi connectivity index (χ3n) is 5.01. The average molecular weight is 361 g/mol. The Bertz CT molecular complexity index is 765. The SMILES string of the molecule is Cn1nnc(C2CN(C(=O)c3cn(C4CCC(N)CC4)nn3)CCO2)n1. The molecule has 11 nitrogen and oxygen atoms in total. The van der Waals surface area contributed by atoms with Gasteiger partial charge in [-0.05, 0) is 30.9 Å². The molecule has 0 aromatic carbocycles. The molecule has 26 heavy (non-hydrogen) atoms. The summed E-state index contributed by atoms with van der Waals surface area (Å²) in [5, 5.41) is 20.2. The van der Waals surface area contributed by atoms with Crippen LogP contribution in [0.25, 0.3) is 0 Å². The van der Waals surface area contributed by atoms with Gasteiger partial charge >= 0.3 is 0 Å². The van der Waals surface area contributed by atoms with Crippen LogP contribution >= 0.6 is 0 Å². The number of morpholine rings is 1. The first kappa shape index (κ1) is 17.0. The van der Waals surface area contributed by atoms with Crippen molar-refractivity contribution < 1.29 is 9.53 Å². The molecule has 2 aromatic rings. The van der Waals surface area contributed by atoms with E-state index in [-0.39, 0.29) is 24.1 Å². The lowest BCUT2D eigenvalue weighted by atomic mass is 9.92. The summed E-state index contributed by atoms with van der Waals surface area (Å²) in [4.78, 5) is 15.9. The van der Waals surface area contributed by atoms with E-state index < -0.39 is 0 Å². The highest BCUT2D eigenvalue weighted by molar-refractivity contribution is 5.92. The number of nitrogens with two attached hydrogens (primary N) is 1. The monoisotopic (exact) mass is 361 g/mol. The molecule has 1 amide bonds. The highest BCUT2D eigenvalue weighted by atomic mass is 16.5. The third-order valence-corrected chi connectivity index (χ3v) is 5.01. The molecule has 2 aromatic heterocycles. The second-order valence-corrected chi connectivity index (χ2v) is 6.90. The molecular formula is C15H23N9O2. The van der Waals surface area contributed by atoms with Crippen LogP contribution in [-0.2, 0) is 11.8 Å². The summed E-state index contributed by atoms with van der Waals surface area (Å²) in [5.41, 5.74) is 6.31. The van der Waals surface area contributed by atoms with Gasteiger partial charge < -0.3 is 15.4 Å². The number of aromatic nitrogens is 7. The summed E-state index contributed by atoms with van der Waals surface area (Å²) in [6, 6.07) is 0.543. The van der Waals surface area contributed by atoms with Crippen molar-refractivity contribution in [2.24, 2.45) is 12.8 Å². The first-order valence-electron chi connectivity index (χ1n) is 8.92. The summed E-state index contributed by atoms with van der Waals surface area (Å²) < 4.78 is 7.49. The van der Waals surface area contributed by atoms with Crippen molar-refractivity contribution >= 4 is 5.91 Å². The van der Waals surface area contributed by atoms with Crippen LogP contribution in [-0.4, -0.2) is 71.7 Å². The maximum absolute atomic E-state index is 12.8. The van der Waals surface area contributed by atoms with Crippen molar-refractivity contribution in [3.05, 3.63) is 17.7 Å². The molecule has 4 rings (SSSR count). The fourth-order valence-corrected chi connectivity index (χ4v) is 3.50. The van der Waals surface area contributed by atoms with Crippen LogP contribution in [0.5, 0.6) is 0 Å². The van der Waals surface area contributed by atoms with E-state index in [1.54, 1.807) is 22.8 Å². The molecule has 1 saturated heterocycles. The number of hydrogen-bond acceptors (Lipinski definition) is 8. The van der Waals surface area contributed by atoms with Gasteiger partial charge in [0.25, 0.3) is 5.91 Å². The molecule has 2 N–H and O–H groups in total. The zero-order valence-corrected chi connectivity index (χ0v) is 14.7. The number of rotatable bonds is 3. The molecule has 1 atom stereocenters. The Labute approximate surface area is 150 Å². The predicted molar refractivity (Wildman–Crippen MR) is 88.9 cm³/mol. The molecular weight excluding hydrogens is 338 g/mol. The van der Waals surface area contributed by atoms with Crippen LogP contribution in [0.4, 0.5) is 0 Å². The maximum Gasteiger partial charge on any atom is 0.276 e. The number of amides is 1. The normalized spacial score (nSPS) is 26.8. The fourth-order valence-electron chi connectivity index (χ4n) is 3.50. The fraction of sp³-hybridized carbons (Fsp3) is 0.733. The number of carbonyl (C=O) groups is 1. The standard InChI is InChI=1S/C15H23N9O2/c1-22-19-14(18-20-22)13-9-23(6-7-26-13)15(25)12-8-24(21-17-12)11-4-2-10(16)3-5-11/h8,10-11,13H,2-7,9,16H2,1H3. The Morgan fingerprint density at radius 2 is 2.04 bits per heavy atom. The molecule has 3 heterocycles. The minimum Gasteiger partial charge on any atom is -0.366 e. The first-order valence-corrected chi connectivity index (χ1v) is 8.92. The summed E-state index contributed by atoms with van der Waals surface area (Å²) >= 11 is 0. The molecule has 0 radical (unpaired) electrons. The largest absolute Gasteiger partial charge is 0.366 e. The van der Waals surface area contributed by atoms with E-state index in [0.29, 0.717) is 31.2 Å². The van der Waals surface area contributed by atoms with Crippen molar-refractivity contribution in [2.45, 2.75) is 43.9 Å². The van der Waals surface area contributed by atoms with E-state index in [1.165, 1.54) is 4.80 Å². The van der Waals surface area contributed by atoms with Gasteiger partial charge in [-0.15, -0.1) is 15.3 Å². The predicted octanol–water partition coefficient (Wildman–Crippen LogP) is -0.542. The third kappa shape index (κ3) is 3.44. The Kier molecular flexibility index (Phi) is 4.64. The highest BCUT2D eigenvalue weighted by Crippen LogP contribution is 2.27. The van der Waals surface area contributed by atoms with Gasteiger partial charge in [-0.25, -0.2) is 4.68 Å². The van der Waals surface area contributed by atoms with Crippen LogP contribution in [0.1, 0.15) is 54.1 Å². The lowest BCUT2D eigenvalue weighted by molar-refractivity contribution is -0.0271. The number of aryl methyl sites for hydroxylation is 1. The molecule has 2 aliphatic rings. The zero-order valence-electron chi connectivity index (χ0n) is 14.7. The van der Waals surface area contributed by atoms with Crippen molar-refractivity contribution in [3.63, 3.8) is 0 Å². The van der Waals surface area contributed by atoms with Crippen LogP contribution in [0, 0.1) is 0 Å². The molecule has 1 saturated carbocycles. The highest BCUT2D eigenvalue weighted by Gasteiger charge is 2.30. The van der Waals surface area contributed by atoms with Crippen LogP contribution in [0.2, 0.25) is 0 Å². The maximum atomic E-state index is 12.8. The number of tetrazole rings is 1. The van der Waals surface area contributed by atoms with Gasteiger partial charge in [0.15, 0.2) is 5.69 Å². The number of carbonyl (C=O) groups excluding carboxylic acids is 1. The number of ether oxygens (including phenoxy) is 1. The Morgan fingerprint density at radius 3 is 2.77 bits per heavy atom. The molecule has 1 aliphatic carbocycles. The Hall–Kier alpha value is -2.40. The molecule has 2 fully saturated rings. The van der Waals surface area contributed by atoms with Gasteiger partial charge in [0, 0.05) is 12.6 Å². The van der Waals surface area contributed by atoms with Crippen LogP contribution in [0.3, 0.4) is 0 Å². The number of nitrogens with zero attached hydrogens (tertiary/aromatic N) is 8. The zero-order chi connectivity index (χ0) is 18.1. The van der Waals surface area contributed by atoms with Crippen molar-refractivity contribution in [3.8, 4) is 0 Å². The summed E-state index contributed by atoms with van der Waals surface area (Å²) in [6.45, 7) is 1.29. The second-order valence-electron chi connectivity index (χ2n) is 6.90. The van der Waals surface area contributed by atoms with Crippen molar-refractivity contribution in [2.75, 3.05) is 19.7 Å². The number of hydrogen-bond donors (Lipinski definition) is 1. The van der Waals surface area contributed by atoms with Gasteiger partial charge in [-0.3, -0.25) is 4.79 Å². The van der Waals surface area contributed by atoms with Gasteiger partial charge in [0.1, 0.15) is 6.10 Å². The summed E-state index contributed by atoms with van der Waals surface area (Å²) in [7, 11) is 1.69. The van der Waals surface area contributed by atoms with E-state index in [4.69, 9.17) is 10.5 Å². The molecule has 1 aliphatic heterocycles. The Morgan fingerprint density at radius 1 is 1.23 bits per heavy atom. The minimum absolute atomic E-state index is 0.152. The van der Waals surface area contributed by atoms with E-state index in [2.05, 4.69) is 25.7 Å².